The summed E-state index contributed by atoms with van der Waals surface area (Å²) in [5, 5.41) is 2.85. The van der Waals surface area contributed by atoms with Crippen molar-refractivity contribution < 1.29 is 14.3 Å². The van der Waals surface area contributed by atoms with E-state index in [9.17, 15) is 9.59 Å². The number of carbonyl (C=O) groups excluding carboxylic acids is 2. The first-order chi connectivity index (χ1) is 12.8. The molecular formula is C21H25N3O3. The van der Waals surface area contributed by atoms with Gasteiger partial charge in [-0.15, -0.1) is 0 Å². The molecule has 3 rings (SSSR count). The minimum absolute atomic E-state index is 0.0257. The second-order valence-corrected chi connectivity index (χ2v) is 7.07. The molecule has 6 nitrogen and oxygen atoms in total. The SMILES string of the molecule is Cc1ccc(N)cc1C(=O)Nc1ccc(C(=O)N2CC(C)OC(C)C2)cc1. The molecular weight excluding hydrogens is 342 g/mol. The highest BCUT2D eigenvalue weighted by molar-refractivity contribution is 6.06. The molecule has 0 aliphatic carbocycles. The van der Waals surface area contributed by atoms with Gasteiger partial charge >= 0.3 is 0 Å². The third kappa shape index (κ3) is 4.46. The summed E-state index contributed by atoms with van der Waals surface area (Å²) in [6.45, 7) is 6.95. The van der Waals surface area contributed by atoms with E-state index in [1.54, 1.807) is 36.4 Å². The number of morpholine rings is 1. The van der Waals surface area contributed by atoms with Crippen molar-refractivity contribution >= 4 is 23.2 Å². The average molecular weight is 367 g/mol. The van der Waals surface area contributed by atoms with Gasteiger partial charge in [0.1, 0.15) is 0 Å². The summed E-state index contributed by atoms with van der Waals surface area (Å²) < 4.78 is 5.68. The third-order valence-corrected chi connectivity index (χ3v) is 4.60. The molecule has 0 bridgehead atoms. The van der Waals surface area contributed by atoms with E-state index < -0.39 is 0 Å². The van der Waals surface area contributed by atoms with Gasteiger partial charge in [-0.05, 0) is 62.7 Å². The Hall–Kier alpha value is -2.86. The van der Waals surface area contributed by atoms with Crippen LogP contribution in [0.1, 0.15) is 40.1 Å². The molecule has 6 heteroatoms. The number of rotatable bonds is 3. The quantitative estimate of drug-likeness (QED) is 0.817. The van der Waals surface area contributed by atoms with Gasteiger partial charge in [-0.1, -0.05) is 6.07 Å². The number of aryl methyl sites for hydroxylation is 1. The number of hydrogen-bond acceptors (Lipinski definition) is 4. The molecule has 27 heavy (non-hydrogen) atoms. The van der Waals surface area contributed by atoms with Gasteiger partial charge < -0.3 is 20.7 Å². The summed E-state index contributed by atoms with van der Waals surface area (Å²) >= 11 is 0. The Labute approximate surface area is 159 Å². The minimum Gasteiger partial charge on any atom is -0.399 e. The summed E-state index contributed by atoms with van der Waals surface area (Å²) in [6.07, 6.45) is 0.0515. The van der Waals surface area contributed by atoms with Gasteiger partial charge in [0.15, 0.2) is 0 Å². The second-order valence-electron chi connectivity index (χ2n) is 7.07. The van der Waals surface area contributed by atoms with Crippen molar-refractivity contribution in [2.45, 2.75) is 33.0 Å². The van der Waals surface area contributed by atoms with Crippen LogP contribution < -0.4 is 11.1 Å². The van der Waals surface area contributed by atoms with Crippen LogP contribution >= 0.6 is 0 Å². The molecule has 2 atom stereocenters. The summed E-state index contributed by atoms with van der Waals surface area (Å²) in [4.78, 5) is 27.0. The highest BCUT2D eigenvalue weighted by Crippen LogP contribution is 2.18. The van der Waals surface area contributed by atoms with Crippen LogP contribution in [0.15, 0.2) is 42.5 Å². The zero-order chi connectivity index (χ0) is 19.6. The van der Waals surface area contributed by atoms with E-state index in [1.807, 2.05) is 31.7 Å². The lowest BCUT2D eigenvalue weighted by atomic mass is 10.1. The summed E-state index contributed by atoms with van der Waals surface area (Å²) in [6, 6.07) is 12.2. The molecule has 1 fully saturated rings. The number of hydrogen-bond donors (Lipinski definition) is 2. The zero-order valence-electron chi connectivity index (χ0n) is 15.9. The topological polar surface area (TPSA) is 84.7 Å². The highest BCUT2D eigenvalue weighted by atomic mass is 16.5. The molecule has 2 aromatic rings. The van der Waals surface area contributed by atoms with Crippen molar-refractivity contribution in [1.82, 2.24) is 4.90 Å². The van der Waals surface area contributed by atoms with Crippen LogP contribution in [0.5, 0.6) is 0 Å². The maximum Gasteiger partial charge on any atom is 0.256 e. The number of nitrogen functional groups attached to an aromatic ring is 1. The Morgan fingerprint density at radius 3 is 2.33 bits per heavy atom. The molecule has 142 valence electrons. The van der Waals surface area contributed by atoms with Crippen LogP contribution in [-0.2, 0) is 4.74 Å². The first-order valence-electron chi connectivity index (χ1n) is 9.05. The largest absolute Gasteiger partial charge is 0.399 e. The van der Waals surface area contributed by atoms with Crippen molar-refractivity contribution in [3.8, 4) is 0 Å². The van der Waals surface area contributed by atoms with Crippen LogP contribution in [0.25, 0.3) is 0 Å². The lowest BCUT2D eigenvalue weighted by Crippen LogP contribution is -2.48. The maximum atomic E-state index is 12.7. The third-order valence-electron chi connectivity index (χ3n) is 4.60. The highest BCUT2D eigenvalue weighted by Gasteiger charge is 2.26. The van der Waals surface area contributed by atoms with Crippen molar-refractivity contribution in [2.75, 3.05) is 24.1 Å². The van der Waals surface area contributed by atoms with E-state index in [0.29, 0.717) is 35.6 Å². The number of nitrogens with zero attached hydrogens (tertiary/aromatic N) is 1. The summed E-state index contributed by atoms with van der Waals surface area (Å²) in [7, 11) is 0. The maximum absolute atomic E-state index is 12.7. The van der Waals surface area contributed by atoms with Crippen LogP contribution in [0.4, 0.5) is 11.4 Å². The summed E-state index contributed by atoms with van der Waals surface area (Å²) in [5.41, 5.74) is 8.92. The number of ether oxygens (including phenoxy) is 1. The van der Waals surface area contributed by atoms with E-state index in [2.05, 4.69) is 5.32 Å². The van der Waals surface area contributed by atoms with Crippen LogP contribution in [0.3, 0.4) is 0 Å². The van der Waals surface area contributed by atoms with E-state index in [-0.39, 0.29) is 24.0 Å². The van der Waals surface area contributed by atoms with Gasteiger partial charge in [-0.25, -0.2) is 0 Å². The van der Waals surface area contributed by atoms with E-state index in [4.69, 9.17) is 10.5 Å². The monoisotopic (exact) mass is 367 g/mol. The van der Waals surface area contributed by atoms with Gasteiger partial charge in [0.25, 0.3) is 11.8 Å². The van der Waals surface area contributed by atoms with Crippen molar-refractivity contribution in [1.29, 1.82) is 0 Å². The molecule has 0 spiro atoms. The second kappa shape index (κ2) is 7.80. The van der Waals surface area contributed by atoms with Crippen LogP contribution in [-0.4, -0.2) is 42.0 Å². The first-order valence-corrected chi connectivity index (χ1v) is 9.05. The van der Waals surface area contributed by atoms with E-state index in [0.717, 1.165) is 5.56 Å². The lowest BCUT2D eigenvalue weighted by molar-refractivity contribution is -0.0586. The number of amides is 2. The fourth-order valence-corrected chi connectivity index (χ4v) is 3.31. The molecule has 3 N–H and O–H groups in total. The first kappa shape index (κ1) is 18.9. The summed E-state index contributed by atoms with van der Waals surface area (Å²) in [5.74, 6) is -0.253. The molecule has 1 aliphatic rings. The predicted molar refractivity (Wildman–Crippen MR) is 106 cm³/mol. The normalized spacial score (nSPS) is 19.6. The molecule has 2 unspecified atom stereocenters. The van der Waals surface area contributed by atoms with Gasteiger partial charge in [0, 0.05) is 35.6 Å². The van der Waals surface area contributed by atoms with Gasteiger partial charge in [-0.2, -0.15) is 0 Å². The Kier molecular flexibility index (Phi) is 5.46. The van der Waals surface area contributed by atoms with Crippen LogP contribution in [0, 0.1) is 6.92 Å². The molecule has 2 aromatic carbocycles. The Morgan fingerprint density at radius 2 is 1.70 bits per heavy atom. The molecule has 2 amide bonds. The zero-order valence-corrected chi connectivity index (χ0v) is 15.9. The fourth-order valence-electron chi connectivity index (χ4n) is 3.31. The lowest BCUT2D eigenvalue weighted by Gasteiger charge is -2.35. The van der Waals surface area contributed by atoms with E-state index in [1.165, 1.54) is 0 Å². The number of benzene rings is 2. The Bertz CT molecular complexity index is 838. The van der Waals surface area contributed by atoms with Crippen molar-refractivity contribution in [2.24, 2.45) is 0 Å². The smallest absolute Gasteiger partial charge is 0.256 e. The standard InChI is InChI=1S/C21H25N3O3/c1-13-4-7-17(22)10-19(13)20(25)23-18-8-5-16(6-9-18)21(26)24-11-14(2)27-15(3)12-24/h4-10,14-15H,11-12,22H2,1-3H3,(H,23,25). The fraction of sp³-hybridized carbons (Fsp3) is 0.333. The number of carbonyl (C=O) groups is 2. The molecule has 0 radical (unpaired) electrons. The van der Waals surface area contributed by atoms with Crippen molar-refractivity contribution in [3.63, 3.8) is 0 Å². The molecule has 1 aliphatic heterocycles. The van der Waals surface area contributed by atoms with Gasteiger partial charge in [0.05, 0.1) is 12.2 Å². The average Bonchev–Trinajstić information content (AvgIpc) is 2.63. The Morgan fingerprint density at radius 1 is 1.07 bits per heavy atom. The molecule has 0 saturated carbocycles. The number of anilines is 2. The number of nitrogens with two attached hydrogens (primary N) is 1. The number of nitrogens with one attached hydrogen (secondary N) is 1. The predicted octanol–water partition coefficient (Wildman–Crippen LogP) is 3.08. The van der Waals surface area contributed by atoms with Gasteiger partial charge in [0.2, 0.25) is 0 Å². The Balaban J connectivity index is 1.69. The molecule has 1 saturated heterocycles. The van der Waals surface area contributed by atoms with Crippen molar-refractivity contribution in [3.05, 3.63) is 59.2 Å². The minimum atomic E-state index is -0.227. The molecule has 0 aromatic heterocycles. The molecule has 1 heterocycles. The van der Waals surface area contributed by atoms with E-state index >= 15 is 0 Å². The van der Waals surface area contributed by atoms with Crippen LogP contribution in [0.2, 0.25) is 0 Å². The van der Waals surface area contributed by atoms with Gasteiger partial charge in [-0.3, -0.25) is 9.59 Å².